The van der Waals surface area contributed by atoms with E-state index in [1.807, 2.05) is 0 Å². The summed E-state index contributed by atoms with van der Waals surface area (Å²) in [6.07, 6.45) is 1.97. The minimum absolute atomic E-state index is 0.276. The highest BCUT2D eigenvalue weighted by Gasteiger charge is 2.02. The molecule has 0 spiro atoms. The van der Waals surface area contributed by atoms with Crippen LogP contribution < -0.4 is 0 Å². The summed E-state index contributed by atoms with van der Waals surface area (Å²) in [7, 11) is 2.07. The van der Waals surface area contributed by atoms with Crippen molar-refractivity contribution in [2.75, 3.05) is 13.6 Å². The number of aliphatic carboxylic acids is 1. The van der Waals surface area contributed by atoms with Gasteiger partial charge in [-0.15, -0.1) is 0 Å². The predicted molar refractivity (Wildman–Crippen MR) is 69.0 cm³/mol. The molecule has 0 atom stereocenters. The third kappa shape index (κ3) is 6.07. The maximum atomic E-state index is 10.4. The molecule has 1 aromatic carbocycles. The lowest BCUT2D eigenvalue weighted by molar-refractivity contribution is -0.137. The number of carbonyl (C=O) groups is 1. The zero-order chi connectivity index (χ0) is 12.7. The van der Waals surface area contributed by atoms with Crippen LogP contribution in [0.4, 0.5) is 0 Å². The first-order valence-corrected chi connectivity index (χ1v) is 6.04. The van der Waals surface area contributed by atoms with E-state index in [9.17, 15) is 4.79 Å². The van der Waals surface area contributed by atoms with E-state index < -0.39 is 5.97 Å². The summed E-state index contributed by atoms with van der Waals surface area (Å²) < 4.78 is 0. The number of rotatable bonds is 7. The molecule has 0 fully saturated rings. The fourth-order valence-corrected chi connectivity index (χ4v) is 1.86. The van der Waals surface area contributed by atoms with Gasteiger partial charge in [0.25, 0.3) is 0 Å². The largest absolute Gasteiger partial charge is 0.481 e. The normalized spacial score (nSPS) is 10.8. The molecular weight excluding hydrogens is 214 g/mol. The van der Waals surface area contributed by atoms with Gasteiger partial charge >= 0.3 is 5.97 Å². The van der Waals surface area contributed by atoms with Crippen molar-refractivity contribution >= 4 is 5.97 Å². The van der Waals surface area contributed by atoms with Crippen LogP contribution >= 0.6 is 0 Å². The van der Waals surface area contributed by atoms with Crippen LogP contribution in [0.5, 0.6) is 0 Å². The standard InChI is InChI=1S/C14H21NO2/c1-12-6-5-7-13(10-12)11-15(2)9-4-3-8-14(16)17/h5-7,10H,3-4,8-9,11H2,1-2H3,(H,16,17). The van der Waals surface area contributed by atoms with E-state index in [0.29, 0.717) is 0 Å². The van der Waals surface area contributed by atoms with Crippen molar-refractivity contribution in [1.82, 2.24) is 4.90 Å². The second-order valence-electron chi connectivity index (χ2n) is 4.58. The quantitative estimate of drug-likeness (QED) is 0.739. The highest BCUT2D eigenvalue weighted by Crippen LogP contribution is 2.07. The molecule has 17 heavy (non-hydrogen) atoms. The van der Waals surface area contributed by atoms with Crippen LogP contribution in [0.25, 0.3) is 0 Å². The summed E-state index contributed by atoms with van der Waals surface area (Å²) in [6.45, 7) is 3.96. The van der Waals surface area contributed by atoms with Gasteiger partial charge in [0.2, 0.25) is 0 Å². The third-order valence-corrected chi connectivity index (χ3v) is 2.72. The molecule has 0 aliphatic carbocycles. The van der Waals surface area contributed by atoms with Crippen LogP contribution in [0, 0.1) is 6.92 Å². The molecule has 1 rings (SSSR count). The summed E-state index contributed by atoms with van der Waals surface area (Å²) in [5, 5.41) is 8.53. The van der Waals surface area contributed by atoms with Crippen LogP contribution in [0.3, 0.4) is 0 Å². The molecule has 0 unspecified atom stereocenters. The fraction of sp³-hybridized carbons (Fsp3) is 0.500. The van der Waals surface area contributed by atoms with E-state index in [1.165, 1.54) is 11.1 Å². The first-order valence-electron chi connectivity index (χ1n) is 6.04. The number of hydrogen-bond acceptors (Lipinski definition) is 2. The van der Waals surface area contributed by atoms with Crippen molar-refractivity contribution in [2.45, 2.75) is 32.7 Å². The third-order valence-electron chi connectivity index (χ3n) is 2.72. The maximum absolute atomic E-state index is 10.4. The number of nitrogens with zero attached hydrogens (tertiary/aromatic N) is 1. The molecule has 0 aliphatic rings. The highest BCUT2D eigenvalue weighted by molar-refractivity contribution is 5.66. The summed E-state index contributed by atoms with van der Waals surface area (Å²) in [6, 6.07) is 8.48. The van der Waals surface area contributed by atoms with Gasteiger partial charge in [-0.1, -0.05) is 29.8 Å². The smallest absolute Gasteiger partial charge is 0.303 e. The Labute approximate surface area is 103 Å². The second kappa shape index (κ2) is 7.07. The van der Waals surface area contributed by atoms with Crippen molar-refractivity contribution in [2.24, 2.45) is 0 Å². The lowest BCUT2D eigenvalue weighted by Gasteiger charge is -2.16. The van der Waals surface area contributed by atoms with Crippen molar-refractivity contribution in [3.8, 4) is 0 Å². The van der Waals surface area contributed by atoms with E-state index in [-0.39, 0.29) is 6.42 Å². The van der Waals surface area contributed by atoms with Gasteiger partial charge in [0, 0.05) is 13.0 Å². The van der Waals surface area contributed by atoms with Crippen LogP contribution in [-0.2, 0) is 11.3 Å². The number of aryl methyl sites for hydroxylation is 1. The van der Waals surface area contributed by atoms with Crippen LogP contribution in [0.15, 0.2) is 24.3 Å². The average Bonchev–Trinajstić information content (AvgIpc) is 2.24. The molecule has 0 saturated heterocycles. The number of unbranched alkanes of at least 4 members (excludes halogenated alkanes) is 1. The molecule has 94 valence electrons. The van der Waals surface area contributed by atoms with Crippen LogP contribution in [0.2, 0.25) is 0 Å². The van der Waals surface area contributed by atoms with Gasteiger partial charge < -0.3 is 10.0 Å². The Morgan fingerprint density at radius 2 is 2.12 bits per heavy atom. The molecule has 0 saturated carbocycles. The number of benzene rings is 1. The highest BCUT2D eigenvalue weighted by atomic mass is 16.4. The van der Waals surface area contributed by atoms with Crippen molar-refractivity contribution in [3.63, 3.8) is 0 Å². The molecule has 0 heterocycles. The predicted octanol–water partition coefficient (Wildman–Crippen LogP) is 2.68. The molecule has 0 aliphatic heterocycles. The SMILES string of the molecule is Cc1cccc(CN(C)CCCCC(=O)O)c1. The van der Waals surface area contributed by atoms with E-state index in [1.54, 1.807) is 0 Å². The fourth-order valence-electron chi connectivity index (χ4n) is 1.86. The molecule has 0 amide bonds. The molecule has 0 radical (unpaired) electrons. The number of carboxylic acid groups (broad SMARTS) is 1. The number of carboxylic acids is 1. The molecule has 0 bridgehead atoms. The van der Waals surface area contributed by atoms with Gasteiger partial charge in [0.1, 0.15) is 0 Å². The van der Waals surface area contributed by atoms with Gasteiger partial charge in [-0.2, -0.15) is 0 Å². The lowest BCUT2D eigenvalue weighted by Crippen LogP contribution is -2.19. The van der Waals surface area contributed by atoms with Gasteiger partial charge in [-0.05, 0) is 38.9 Å². The maximum Gasteiger partial charge on any atom is 0.303 e. The first-order chi connectivity index (χ1) is 8.08. The summed E-state index contributed by atoms with van der Waals surface area (Å²) in [5.74, 6) is -0.702. The molecule has 1 aromatic rings. The van der Waals surface area contributed by atoms with Gasteiger partial charge in [-0.25, -0.2) is 0 Å². The Kier molecular flexibility index (Phi) is 5.70. The van der Waals surface area contributed by atoms with E-state index in [4.69, 9.17) is 5.11 Å². The Hall–Kier alpha value is -1.35. The molecule has 3 nitrogen and oxygen atoms in total. The minimum atomic E-state index is -0.702. The summed E-state index contributed by atoms with van der Waals surface area (Å²) in [4.78, 5) is 12.6. The van der Waals surface area contributed by atoms with Gasteiger partial charge in [0.15, 0.2) is 0 Å². The monoisotopic (exact) mass is 235 g/mol. The minimum Gasteiger partial charge on any atom is -0.481 e. The molecule has 1 N–H and O–H groups in total. The molecule has 0 aromatic heterocycles. The van der Waals surface area contributed by atoms with E-state index >= 15 is 0 Å². The van der Waals surface area contributed by atoms with Crippen molar-refractivity contribution in [1.29, 1.82) is 0 Å². The average molecular weight is 235 g/mol. The zero-order valence-corrected chi connectivity index (χ0v) is 10.6. The van der Waals surface area contributed by atoms with Crippen molar-refractivity contribution < 1.29 is 9.90 Å². The number of hydrogen-bond donors (Lipinski definition) is 1. The Morgan fingerprint density at radius 3 is 2.76 bits per heavy atom. The van der Waals surface area contributed by atoms with E-state index in [2.05, 4.69) is 43.1 Å². The second-order valence-corrected chi connectivity index (χ2v) is 4.58. The van der Waals surface area contributed by atoms with Gasteiger partial charge in [0.05, 0.1) is 0 Å². The molecular formula is C14H21NO2. The Bertz CT molecular complexity index is 363. The topological polar surface area (TPSA) is 40.5 Å². The Balaban J connectivity index is 2.25. The zero-order valence-electron chi connectivity index (χ0n) is 10.6. The van der Waals surface area contributed by atoms with E-state index in [0.717, 1.165) is 25.9 Å². The lowest BCUT2D eigenvalue weighted by atomic mass is 10.1. The summed E-state index contributed by atoms with van der Waals surface area (Å²) in [5.41, 5.74) is 2.59. The first kappa shape index (κ1) is 13.7. The van der Waals surface area contributed by atoms with Crippen LogP contribution in [-0.4, -0.2) is 29.6 Å². The van der Waals surface area contributed by atoms with Crippen LogP contribution in [0.1, 0.15) is 30.4 Å². The van der Waals surface area contributed by atoms with Crippen molar-refractivity contribution in [3.05, 3.63) is 35.4 Å². The Morgan fingerprint density at radius 1 is 1.35 bits per heavy atom. The van der Waals surface area contributed by atoms with Gasteiger partial charge in [-0.3, -0.25) is 4.79 Å². The summed E-state index contributed by atoms with van der Waals surface area (Å²) >= 11 is 0. The molecule has 3 heteroatoms.